The van der Waals surface area contributed by atoms with E-state index in [9.17, 15) is 13.2 Å². The number of ether oxygens (including phenoxy) is 1. The van der Waals surface area contributed by atoms with Crippen molar-refractivity contribution in [1.82, 2.24) is 9.78 Å². The molecule has 7 heteroatoms. The molecule has 0 saturated heterocycles. The first-order valence-electron chi connectivity index (χ1n) is 6.31. The number of carbonyl (C=O) groups is 1. The minimum Gasteiger partial charge on any atom is -0.495 e. The zero-order chi connectivity index (χ0) is 15.6. The van der Waals surface area contributed by atoms with Crippen LogP contribution in [-0.4, -0.2) is 37.9 Å². The minimum absolute atomic E-state index is 0.108. The number of methoxy groups -OCH3 is 1. The summed E-state index contributed by atoms with van der Waals surface area (Å²) in [6.45, 7) is 2.55. The van der Waals surface area contributed by atoms with E-state index in [0.29, 0.717) is 23.4 Å². The number of aryl methyl sites for hydroxylation is 1. The highest BCUT2D eigenvalue weighted by Gasteiger charge is 2.17. The highest BCUT2D eigenvalue weighted by molar-refractivity contribution is 7.90. The zero-order valence-electron chi connectivity index (χ0n) is 12.0. The van der Waals surface area contributed by atoms with E-state index >= 15 is 0 Å². The second kappa shape index (κ2) is 5.69. The Morgan fingerprint density at radius 3 is 2.62 bits per heavy atom. The summed E-state index contributed by atoms with van der Waals surface area (Å²) in [4.78, 5) is 11.2. The third kappa shape index (κ3) is 2.97. The molecular weight excluding hydrogens is 292 g/mol. The van der Waals surface area contributed by atoms with Gasteiger partial charge in [-0.2, -0.15) is 5.10 Å². The van der Waals surface area contributed by atoms with Crippen molar-refractivity contribution < 1.29 is 17.9 Å². The monoisotopic (exact) mass is 308 g/mol. The first-order valence-corrected chi connectivity index (χ1v) is 8.21. The van der Waals surface area contributed by atoms with Crippen molar-refractivity contribution in [2.45, 2.75) is 18.4 Å². The number of carbonyl (C=O) groups excluding carboxylic acids is 1. The van der Waals surface area contributed by atoms with Gasteiger partial charge in [0.15, 0.2) is 16.1 Å². The molecular formula is C14H16N2O4S. The zero-order valence-corrected chi connectivity index (χ0v) is 12.8. The number of hydrogen-bond donors (Lipinski definition) is 0. The van der Waals surface area contributed by atoms with Crippen molar-refractivity contribution in [2.24, 2.45) is 0 Å². The summed E-state index contributed by atoms with van der Waals surface area (Å²) in [7, 11) is -1.98. The smallest absolute Gasteiger partial charge is 0.179 e. The highest BCUT2D eigenvalue weighted by atomic mass is 32.2. The van der Waals surface area contributed by atoms with Gasteiger partial charge < -0.3 is 4.74 Å². The second-order valence-corrected chi connectivity index (χ2v) is 6.53. The van der Waals surface area contributed by atoms with Crippen LogP contribution in [0, 0.1) is 0 Å². The largest absolute Gasteiger partial charge is 0.495 e. The van der Waals surface area contributed by atoms with Gasteiger partial charge in [0.25, 0.3) is 0 Å². The van der Waals surface area contributed by atoms with E-state index in [2.05, 4.69) is 5.10 Å². The van der Waals surface area contributed by atoms with Crippen LogP contribution in [0.4, 0.5) is 0 Å². The summed E-state index contributed by atoms with van der Waals surface area (Å²) in [5, 5.41) is 4.32. The second-order valence-electron chi connectivity index (χ2n) is 4.54. The third-order valence-electron chi connectivity index (χ3n) is 3.08. The Morgan fingerprint density at radius 2 is 2.10 bits per heavy atom. The molecule has 0 radical (unpaired) electrons. The van der Waals surface area contributed by atoms with E-state index in [4.69, 9.17) is 4.74 Å². The van der Waals surface area contributed by atoms with E-state index in [-0.39, 0.29) is 10.6 Å². The number of aldehydes is 1. The predicted molar refractivity (Wildman–Crippen MR) is 78.4 cm³/mol. The quantitative estimate of drug-likeness (QED) is 0.787. The van der Waals surface area contributed by atoms with Gasteiger partial charge in [-0.3, -0.25) is 9.48 Å². The van der Waals surface area contributed by atoms with Gasteiger partial charge >= 0.3 is 0 Å². The van der Waals surface area contributed by atoms with Crippen molar-refractivity contribution in [3.63, 3.8) is 0 Å². The van der Waals surface area contributed by atoms with Crippen LogP contribution in [0.2, 0.25) is 0 Å². The lowest BCUT2D eigenvalue weighted by molar-refractivity contribution is 0.112. The van der Waals surface area contributed by atoms with Crippen LogP contribution in [-0.2, 0) is 16.4 Å². The van der Waals surface area contributed by atoms with E-state index in [1.807, 2.05) is 6.92 Å². The van der Waals surface area contributed by atoms with Crippen molar-refractivity contribution in [1.29, 1.82) is 0 Å². The lowest BCUT2D eigenvalue weighted by Gasteiger charge is -2.08. The number of hydrogen-bond acceptors (Lipinski definition) is 5. The van der Waals surface area contributed by atoms with Crippen LogP contribution in [0.25, 0.3) is 11.3 Å². The van der Waals surface area contributed by atoms with Crippen molar-refractivity contribution in [3.8, 4) is 17.0 Å². The summed E-state index contributed by atoms with van der Waals surface area (Å²) in [6.07, 6.45) is 3.50. The maximum Gasteiger partial charge on any atom is 0.179 e. The Labute approximate surface area is 123 Å². The minimum atomic E-state index is -3.38. The summed E-state index contributed by atoms with van der Waals surface area (Å²) in [6, 6.07) is 4.66. The third-order valence-corrected chi connectivity index (χ3v) is 4.21. The number of rotatable bonds is 5. The van der Waals surface area contributed by atoms with Crippen LogP contribution in [0.1, 0.15) is 17.3 Å². The molecule has 0 saturated carbocycles. The van der Waals surface area contributed by atoms with E-state index in [1.165, 1.54) is 13.2 Å². The topological polar surface area (TPSA) is 78.3 Å². The van der Waals surface area contributed by atoms with Gasteiger partial charge in [0.05, 0.1) is 12.7 Å². The molecule has 0 bridgehead atoms. The molecule has 1 heterocycles. The van der Waals surface area contributed by atoms with Gasteiger partial charge in [0.1, 0.15) is 16.3 Å². The van der Waals surface area contributed by atoms with Gasteiger partial charge in [-0.1, -0.05) is 6.07 Å². The molecule has 0 aliphatic carbocycles. The average Bonchev–Trinajstić information content (AvgIpc) is 2.89. The Balaban J connectivity index is 2.61. The molecule has 21 heavy (non-hydrogen) atoms. The molecule has 2 rings (SSSR count). The molecule has 0 fully saturated rings. The predicted octanol–water partition coefficient (Wildman–Crippen LogP) is 1.79. The number of aromatic nitrogens is 2. The van der Waals surface area contributed by atoms with Crippen LogP contribution >= 0.6 is 0 Å². The summed E-state index contributed by atoms with van der Waals surface area (Å²) in [5.41, 5.74) is 1.59. The fourth-order valence-corrected chi connectivity index (χ4v) is 2.85. The standard InChI is InChI=1S/C14H16N2O4S/c1-4-16-8-11(9-17)14(15-16)10-5-6-13(21(3,18)19)12(7-10)20-2/h5-9H,4H2,1-3H3. The molecule has 2 aromatic rings. The Kier molecular flexibility index (Phi) is 4.13. The SMILES string of the molecule is CCn1cc(C=O)c(-c2ccc(S(C)(=O)=O)c(OC)c2)n1. The molecule has 1 aromatic heterocycles. The fourth-order valence-electron chi connectivity index (χ4n) is 2.03. The lowest BCUT2D eigenvalue weighted by Crippen LogP contribution is -2.01. The normalized spacial score (nSPS) is 11.4. The first kappa shape index (κ1) is 15.2. The number of nitrogens with zero attached hydrogens (tertiary/aromatic N) is 2. The van der Waals surface area contributed by atoms with Crippen LogP contribution < -0.4 is 4.74 Å². The van der Waals surface area contributed by atoms with E-state index < -0.39 is 9.84 Å². The number of benzene rings is 1. The van der Waals surface area contributed by atoms with E-state index in [1.54, 1.807) is 23.0 Å². The lowest BCUT2D eigenvalue weighted by atomic mass is 10.1. The van der Waals surface area contributed by atoms with Gasteiger partial charge in [-0.25, -0.2) is 8.42 Å². The Hall–Kier alpha value is -2.15. The van der Waals surface area contributed by atoms with Crippen molar-refractivity contribution in [2.75, 3.05) is 13.4 Å². The van der Waals surface area contributed by atoms with Crippen molar-refractivity contribution in [3.05, 3.63) is 30.0 Å². The average molecular weight is 308 g/mol. The molecule has 0 aliphatic rings. The van der Waals surface area contributed by atoms with Crippen LogP contribution in [0.15, 0.2) is 29.3 Å². The molecule has 6 nitrogen and oxygen atoms in total. The molecule has 0 aliphatic heterocycles. The Morgan fingerprint density at radius 1 is 1.38 bits per heavy atom. The maximum atomic E-state index is 11.7. The molecule has 0 N–H and O–H groups in total. The molecule has 0 spiro atoms. The summed E-state index contributed by atoms with van der Waals surface area (Å²) < 4.78 is 30.1. The molecule has 1 aromatic carbocycles. The molecule has 112 valence electrons. The van der Waals surface area contributed by atoms with Crippen LogP contribution in [0.5, 0.6) is 5.75 Å². The molecule has 0 unspecified atom stereocenters. The van der Waals surface area contributed by atoms with Gasteiger partial charge in [-0.05, 0) is 19.1 Å². The van der Waals surface area contributed by atoms with E-state index in [0.717, 1.165) is 12.5 Å². The van der Waals surface area contributed by atoms with Gasteiger partial charge in [-0.15, -0.1) is 0 Å². The Bertz CT molecular complexity index is 778. The summed E-state index contributed by atoms with van der Waals surface area (Å²) in [5.74, 6) is 0.234. The highest BCUT2D eigenvalue weighted by Crippen LogP contribution is 2.30. The van der Waals surface area contributed by atoms with Gasteiger partial charge in [0, 0.05) is 24.6 Å². The molecule has 0 atom stereocenters. The van der Waals surface area contributed by atoms with Crippen molar-refractivity contribution >= 4 is 16.1 Å². The number of sulfone groups is 1. The first-order chi connectivity index (χ1) is 9.90. The van der Waals surface area contributed by atoms with Gasteiger partial charge in [0.2, 0.25) is 0 Å². The fraction of sp³-hybridized carbons (Fsp3) is 0.286. The van der Waals surface area contributed by atoms with Crippen LogP contribution in [0.3, 0.4) is 0 Å². The maximum absolute atomic E-state index is 11.7. The molecule has 0 amide bonds. The summed E-state index contributed by atoms with van der Waals surface area (Å²) >= 11 is 0.